The fourth-order valence-electron chi connectivity index (χ4n) is 2.78. The first-order chi connectivity index (χ1) is 10.0. The summed E-state index contributed by atoms with van der Waals surface area (Å²) in [6, 6.07) is 4.81. The van der Waals surface area contributed by atoms with Gasteiger partial charge >= 0.3 is 0 Å². The van der Waals surface area contributed by atoms with Crippen LogP contribution in [0, 0.1) is 5.82 Å². The van der Waals surface area contributed by atoms with E-state index in [0.717, 1.165) is 12.8 Å². The molecule has 3 atom stereocenters. The minimum Gasteiger partial charge on any atom is -0.497 e. The van der Waals surface area contributed by atoms with Crippen molar-refractivity contribution in [3.05, 3.63) is 29.6 Å². The number of carbonyl (C=O) groups excluding carboxylic acids is 1. The number of benzene rings is 1. The highest BCUT2D eigenvalue weighted by Crippen LogP contribution is 2.34. The van der Waals surface area contributed by atoms with Gasteiger partial charge in [-0.05, 0) is 31.4 Å². The largest absolute Gasteiger partial charge is 0.497 e. The number of halogens is 1. The number of nitrogens with one attached hydrogen (secondary N) is 1. The first-order valence-corrected chi connectivity index (χ1v) is 7.29. The predicted molar refractivity (Wildman–Crippen MR) is 77.7 cm³/mol. The van der Waals surface area contributed by atoms with E-state index < -0.39 is 0 Å². The van der Waals surface area contributed by atoms with Crippen LogP contribution in [0.15, 0.2) is 18.2 Å². The standard InChI is InChI=1S/C16H22FNO3/c1-4-12-7-11(18-10(2)19)8-16(21-12)14-6-5-13(20-3)9-15(14)17/h5-6,9,11-12,16H,4,7-8H2,1-3H3,(H,18,19)/t11-,12+,16+/m1/s1. The summed E-state index contributed by atoms with van der Waals surface area (Å²) in [6.07, 6.45) is 1.88. The van der Waals surface area contributed by atoms with Gasteiger partial charge in [-0.1, -0.05) is 6.92 Å². The number of carbonyl (C=O) groups is 1. The van der Waals surface area contributed by atoms with Crippen molar-refractivity contribution in [2.24, 2.45) is 0 Å². The van der Waals surface area contributed by atoms with E-state index in [9.17, 15) is 9.18 Å². The van der Waals surface area contributed by atoms with Gasteiger partial charge in [0.1, 0.15) is 11.6 Å². The minimum atomic E-state index is -0.341. The van der Waals surface area contributed by atoms with Gasteiger partial charge in [-0.15, -0.1) is 0 Å². The maximum atomic E-state index is 14.2. The third-order valence-corrected chi connectivity index (χ3v) is 3.82. The zero-order chi connectivity index (χ0) is 15.4. The Morgan fingerprint density at radius 3 is 2.81 bits per heavy atom. The number of hydrogen-bond acceptors (Lipinski definition) is 3. The molecule has 0 spiro atoms. The van der Waals surface area contributed by atoms with Crippen molar-refractivity contribution in [3.63, 3.8) is 0 Å². The Morgan fingerprint density at radius 1 is 1.48 bits per heavy atom. The lowest BCUT2D eigenvalue weighted by Gasteiger charge is -2.35. The summed E-state index contributed by atoms with van der Waals surface area (Å²) in [5.41, 5.74) is 0.518. The molecule has 0 radical (unpaired) electrons. The molecule has 0 unspecified atom stereocenters. The van der Waals surface area contributed by atoms with E-state index in [1.165, 1.54) is 20.1 Å². The molecule has 1 amide bonds. The van der Waals surface area contributed by atoms with Crippen molar-refractivity contribution in [1.82, 2.24) is 5.32 Å². The molecule has 0 saturated carbocycles. The van der Waals surface area contributed by atoms with Crippen molar-refractivity contribution < 1.29 is 18.7 Å². The molecular weight excluding hydrogens is 273 g/mol. The Bertz CT molecular complexity index is 506. The molecule has 116 valence electrons. The van der Waals surface area contributed by atoms with Gasteiger partial charge in [0.2, 0.25) is 5.91 Å². The first-order valence-electron chi connectivity index (χ1n) is 7.29. The molecule has 1 N–H and O–H groups in total. The van der Waals surface area contributed by atoms with Crippen LogP contribution in [-0.2, 0) is 9.53 Å². The number of rotatable bonds is 4. The summed E-state index contributed by atoms with van der Waals surface area (Å²) in [6.45, 7) is 3.53. The Morgan fingerprint density at radius 2 is 2.24 bits per heavy atom. The molecule has 4 nitrogen and oxygen atoms in total. The molecule has 0 aliphatic carbocycles. The van der Waals surface area contributed by atoms with E-state index in [0.29, 0.717) is 17.7 Å². The molecule has 0 aromatic heterocycles. The molecule has 21 heavy (non-hydrogen) atoms. The summed E-state index contributed by atoms with van der Waals surface area (Å²) < 4.78 is 25.2. The van der Waals surface area contributed by atoms with Crippen LogP contribution in [0.5, 0.6) is 5.75 Å². The van der Waals surface area contributed by atoms with E-state index >= 15 is 0 Å². The van der Waals surface area contributed by atoms with Gasteiger partial charge in [-0.2, -0.15) is 0 Å². The molecule has 1 aliphatic rings. The van der Waals surface area contributed by atoms with Gasteiger partial charge in [0.25, 0.3) is 0 Å². The fourth-order valence-corrected chi connectivity index (χ4v) is 2.78. The fraction of sp³-hybridized carbons (Fsp3) is 0.562. The number of ether oxygens (including phenoxy) is 2. The average molecular weight is 295 g/mol. The van der Waals surface area contributed by atoms with Crippen LogP contribution in [0.4, 0.5) is 4.39 Å². The molecule has 1 heterocycles. The van der Waals surface area contributed by atoms with Crippen molar-refractivity contribution in [2.75, 3.05) is 7.11 Å². The molecule has 5 heteroatoms. The number of amides is 1. The highest BCUT2D eigenvalue weighted by Gasteiger charge is 2.31. The van der Waals surface area contributed by atoms with Gasteiger partial charge in [0, 0.05) is 24.6 Å². The third kappa shape index (κ3) is 3.94. The highest BCUT2D eigenvalue weighted by molar-refractivity contribution is 5.73. The monoisotopic (exact) mass is 295 g/mol. The molecule has 2 rings (SSSR count). The van der Waals surface area contributed by atoms with Gasteiger partial charge in [-0.25, -0.2) is 4.39 Å². The second kappa shape index (κ2) is 6.89. The number of methoxy groups -OCH3 is 1. The van der Waals surface area contributed by atoms with Crippen LogP contribution < -0.4 is 10.1 Å². The van der Waals surface area contributed by atoms with Crippen LogP contribution in [0.2, 0.25) is 0 Å². The van der Waals surface area contributed by atoms with E-state index in [1.54, 1.807) is 12.1 Å². The maximum absolute atomic E-state index is 14.2. The maximum Gasteiger partial charge on any atom is 0.217 e. The lowest BCUT2D eigenvalue weighted by atomic mass is 9.93. The zero-order valence-corrected chi connectivity index (χ0v) is 12.7. The summed E-state index contributed by atoms with van der Waals surface area (Å²) >= 11 is 0. The smallest absolute Gasteiger partial charge is 0.217 e. The quantitative estimate of drug-likeness (QED) is 0.929. The van der Waals surface area contributed by atoms with Crippen molar-refractivity contribution in [1.29, 1.82) is 0 Å². The minimum absolute atomic E-state index is 0.0210. The Balaban J connectivity index is 2.18. The molecule has 0 bridgehead atoms. The zero-order valence-electron chi connectivity index (χ0n) is 12.7. The average Bonchev–Trinajstić information content (AvgIpc) is 2.45. The van der Waals surface area contributed by atoms with Gasteiger partial charge in [0.05, 0.1) is 19.3 Å². The van der Waals surface area contributed by atoms with Crippen molar-refractivity contribution in [3.8, 4) is 5.75 Å². The van der Waals surface area contributed by atoms with Crippen LogP contribution in [-0.4, -0.2) is 25.2 Å². The second-order valence-electron chi connectivity index (χ2n) is 5.41. The highest BCUT2D eigenvalue weighted by atomic mass is 19.1. The predicted octanol–water partition coefficient (Wildman–Crippen LogP) is 2.97. The Labute approximate surface area is 124 Å². The van der Waals surface area contributed by atoms with Gasteiger partial charge in [-0.3, -0.25) is 4.79 Å². The first kappa shape index (κ1) is 15.8. The van der Waals surface area contributed by atoms with Crippen molar-refractivity contribution in [2.45, 2.75) is 51.4 Å². The number of hydrogen-bond donors (Lipinski definition) is 1. The Hall–Kier alpha value is -1.62. The topological polar surface area (TPSA) is 47.6 Å². The van der Waals surface area contributed by atoms with Crippen LogP contribution in [0.3, 0.4) is 0 Å². The lowest BCUT2D eigenvalue weighted by Crippen LogP contribution is -2.42. The van der Waals surface area contributed by atoms with Crippen LogP contribution in [0.1, 0.15) is 44.8 Å². The van der Waals surface area contributed by atoms with Crippen molar-refractivity contribution >= 4 is 5.91 Å². The van der Waals surface area contributed by atoms with Gasteiger partial charge < -0.3 is 14.8 Å². The molecule has 1 saturated heterocycles. The van der Waals surface area contributed by atoms with Crippen LogP contribution >= 0.6 is 0 Å². The normalized spacial score (nSPS) is 25.4. The second-order valence-corrected chi connectivity index (χ2v) is 5.41. The third-order valence-electron chi connectivity index (χ3n) is 3.82. The lowest BCUT2D eigenvalue weighted by molar-refractivity contribution is -0.122. The molecule has 1 aromatic rings. The Kier molecular flexibility index (Phi) is 5.17. The van der Waals surface area contributed by atoms with Crippen LogP contribution in [0.25, 0.3) is 0 Å². The van der Waals surface area contributed by atoms with E-state index in [4.69, 9.17) is 9.47 Å². The van der Waals surface area contributed by atoms with E-state index in [2.05, 4.69) is 5.32 Å². The van der Waals surface area contributed by atoms with Gasteiger partial charge in [0.15, 0.2) is 0 Å². The van der Waals surface area contributed by atoms with E-state index in [-0.39, 0.29) is 30.0 Å². The molecule has 1 fully saturated rings. The molecular formula is C16H22FNO3. The molecule has 1 aromatic carbocycles. The van der Waals surface area contributed by atoms with E-state index in [1.807, 2.05) is 6.92 Å². The summed E-state index contributed by atoms with van der Waals surface area (Å²) in [7, 11) is 1.51. The SMILES string of the molecule is CC[C@H]1C[C@@H](NC(C)=O)C[C@@H](c2ccc(OC)cc2F)O1. The summed E-state index contributed by atoms with van der Waals surface area (Å²) in [5, 5.41) is 2.92. The molecule has 1 aliphatic heterocycles. The summed E-state index contributed by atoms with van der Waals surface area (Å²) in [4.78, 5) is 11.3. The summed E-state index contributed by atoms with van der Waals surface area (Å²) in [5.74, 6) is 0.0842.